The Hall–Kier alpha value is -1.56. The van der Waals surface area contributed by atoms with Crippen molar-refractivity contribution < 1.29 is 14.0 Å². The third-order valence-corrected chi connectivity index (χ3v) is 5.70. The second-order valence-corrected chi connectivity index (χ2v) is 7.22. The molecule has 0 aliphatic carbocycles. The molecule has 2 atom stereocenters. The van der Waals surface area contributed by atoms with Gasteiger partial charge in [-0.05, 0) is 44.0 Å². The molecule has 0 aromatic heterocycles. The van der Waals surface area contributed by atoms with Gasteiger partial charge in [0, 0.05) is 17.9 Å². The van der Waals surface area contributed by atoms with E-state index in [0.717, 1.165) is 6.42 Å². The van der Waals surface area contributed by atoms with Gasteiger partial charge in [0.25, 0.3) is 0 Å². The van der Waals surface area contributed by atoms with Crippen molar-refractivity contribution in [2.45, 2.75) is 37.6 Å². The quantitative estimate of drug-likeness (QED) is 0.913. The van der Waals surface area contributed by atoms with Gasteiger partial charge in [-0.15, -0.1) is 11.8 Å². The molecule has 0 bridgehead atoms. The van der Waals surface area contributed by atoms with E-state index in [4.69, 9.17) is 0 Å². The zero-order chi connectivity index (χ0) is 15.2. The molecule has 1 aromatic rings. The third kappa shape index (κ3) is 2.41. The number of nitrogens with zero attached hydrogens (tertiary/aromatic N) is 1. The molecule has 0 radical (unpaired) electrons. The van der Waals surface area contributed by atoms with Gasteiger partial charge in [0.05, 0.1) is 4.87 Å². The number of anilines is 1. The second kappa shape index (κ2) is 5.02. The topological polar surface area (TPSA) is 49.4 Å². The first kappa shape index (κ1) is 14.4. The minimum Gasteiger partial charge on any atom is -0.324 e. The normalized spacial score (nSPS) is 27.9. The van der Waals surface area contributed by atoms with Crippen LogP contribution in [0.4, 0.5) is 10.1 Å². The molecule has 0 unspecified atom stereocenters. The first-order valence-electron chi connectivity index (χ1n) is 6.94. The Bertz CT molecular complexity index is 622. The number of nitrogens with one attached hydrogen (secondary N) is 1. The Balaban J connectivity index is 1.78. The van der Waals surface area contributed by atoms with E-state index in [2.05, 4.69) is 5.32 Å². The first-order chi connectivity index (χ1) is 9.90. The zero-order valence-corrected chi connectivity index (χ0v) is 12.8. The summed E-state index contributed by atoms with van der Waals surface area (Å²) in [4.78, 5) is 26.0. The van der Waals surface area contributed by atoms with Crippen molar-refractivity contribution in [3.8, 4) is 0 Å². The number of aryl methyl sites for hydroxylation is 1. The number of rotatable bonds is 2. The van der Waals surface area contributed by atoms with Crippen LogP contribution >= 0.6 is 11.8 Å². The van der Waals surface area contributed by atoms with Crippen molar-refractivity contribution in [1.29, 1.82) is 0 Å². The Morgan fingerprint density at radius 2 is 2.29 bits per heavy atom. The molecule has 2 fully saturated rings. The maximum absolute atomic E-state index is 13.1. The number of carbonyl (C=O) groups excluding carboxylic acids is 2. The van der Waals surface area contributed by atoms with Crippen LogP contribution in [0, 0.1) is 12.7 Å². The molecule has 3 rings (SSSR count). The van der Waals surface area contributed by atoms with E-state index in [1.54, 1.807) is 29.7 Å². The van der Waals surface area contributed by atoms with Gasteiger partial charge in [0.2, 0.25) is 11.8 Å². The third-order valence-electron chi connectivity index (χ3n) is 4.19. The Kier molecular flexibility index (Phi) is 3.43. The van der Waals surface area contributed by atoms with Crippen LogP contribution in [0.1, 0.15) is 25.3 Å². The molecule has 2 aliphatic heterocycles. The summed E-state index contributed by atoms with van der Waals surface area (Å²) in [5, 5.41) is 2.82. The lowest BCUT2D eigenvalue weighted by Crippen LogP contribution is -2.48. The van der Waals surface area contributed by atoms with Gasteiger partial charge in [-0.1, -0.05) is 0 Å². The average molecular weight is 308 g/mol. The van der Waals surface area contributed by atoms with Gasteiger partial charge in [0.15, 0.2) is 0 Å². The molecule has 0 spiro atoms. The highest BCUT2D eigenvalue weighted by molar-refractivity contribution is 8.01. The van der Waals surface area contributed by atoms with Crippen LogP contribution in [0.25, 0.3) is 0 Å². The fraction of sp³-hybridized carbons (Fsp3) is 0.467. The van der Waals surface area contributed by atoms with Crippen LogP contribution in [0.3, 0.4) is 0 Å². The highest BCUT2D eigenvalue weighted by atomic mass is 32.2. The molecule has 2 amide bonds. The number of benzene rings is 1. The lowest BCUT2D eigenvalue weighted by Gasteiger charge is -2.30. The Morgan fingerprint density at radius 1 is 1.52 bits per heavy atom. The SMILES string of the molecule is Cc1cc(F)ccc1NC(=O)[C@H]1CS[C@]2(C)CCC(=O)N12. The maximum Gasteiger partial charge on any atom is 0.248 e. The van der Waals surface area contributed by atoms with E-state index >= 15 is 0 Å². The first-order valence-corrected chi connectivity index (χ1v) is 7.92. The molecule has 1 N–H and O–H groups in total. The molecule has 112 valence electrons. The summed E-state index contributed by atoms with van der Waals surface area (Å²) in [5.41, 5.74) is 1.26. The standard InChI is InChI=1S/C15H17FN2O2S/c1-9-7-10(16)3-4-11(9)17-14(20)12-8-21-15(2)6-5-13(19)18(12)15/h3-4,7,12H,5-6,8H2,1-2H3,(H,17,20)/t12-,15-/m1/s1. The molecule has 2 heterocycles. The Morgan fingerprint density at radius 3 is 3.00 bits per heavy atom. The largest absolute Gasteiger partial charge is 0.324 e. The summed E-state index contributed by atoms with van der Waals surface area (Å²) >= 11 is 1.66. The number of thioether (sulfide) groups is 1. The maximum atomic E-state index is 13.1. The fourth-order valence-electron chi connectivity index (χ4n) is 3.00. The summed E-state index contributed by atoms with van der Waals surface area (Å²) in [5.74, 6) is 0.118. The van der Waals surface area contributed by atoms with Crippen molar-refractivity contribution in [3.05, 3.63) is 29.6 Å². The summed E-state index contributed by atoms with van der Waals surface area (Å²) in [7, 11) is 0. The summed E-state index contributed by atoms with van der Waals surface area (Å²) in [6.45, 7) is 3.76. The highest BCUT2D eigenvalue weighted by Gasteiger charge is 2.52. The van der Waals surface area contributed by atoms with E-state index < -0.39 is 6.04 Å². The number of halogens is 1. The predicted octanol–water partition coefficient (Wildman–Crippen LogP) is 2.53. The van der Waals surface area contributed by atoms with Gasteiger partial charge < -0.3 is 10.2 Å². The van der Waals surface area contributed by atoms with Crippen molar-refractivity contribution in [2.24, 2.45) is 0 Å². The van der Waals surface area contributed by atoms with Crippen molar-refractivity contribution in [2.75, 3.05) is 11.1 Å². The predicted molar refractivity (Wildman–Crippen MR) is 80.5 cm³/mol. The van der Waals surface area contributed by atoms with Crippen LogP contribution in [0.2, 0.25) is 0 Å². The smallest absolute Gasteiger partial charge is 0.248 e. The van der Waals surface area contributed by atoms with E-state index in [-0.39, 0.29) is 22.5 Å². The minimum absolute atomic E-state index is 0.0403. The average Bonchev–Trinajstić information content (AvgIpc) is 2.90. The molecule has 0 saturated carbocycles. The molecular formula is C15H17FN2O2S. The molecule has 4 nitrogen and oxygen atoms in total. The molecule has 21 heavy (non-hydrogen) atoms. The fourth-order valence-corrected chi connectivity index (χ4v) is 4.43. The monoisotopic (exact) mass is 308 g/mol. The highest BCUT2D eigenvalue weighted by Crippen LogP contribution is 2.47. The van der Waals surface area contributed by atoms with Gasteiger partial charge in [-0.2, -0.15) is 0 Å². The lowest BCUT2D eigenvalue weighted by molar-refractivity contribution is -0.135. The molecule has 1 aromatic carbocycles. The Labute approximate surface area is 127 Å². The van der Waals surface area contributed by atoms with Crippen LogP contribution in [-0.4, -0.2) is 33.4 Å². The molecular weight excluding hydrogens is 291 g/mol. The summed E-state index contributed by atoms with van der Waals surface area (Å²) < 4.78 is 13.1. The number of fused-ring (bicyclic) bond motifs is 1. The van der Waals surface area contributed by atoms with Crippen LogP contribution in [-0.2, 0) is 9.59 Å². The summed E-state index contributed by atoms with van der Waals surface area (Å²) in [6, 6.07) is 3.80. The molecule has 6 heteroatoms. The van der Waals surface area contributed by atoms with Gasteiger partial charge in [-0.25, -0.2) is 4.39 Å². The number of hydrogen-bond donors (Lipinski definition) is 1. The van der Waals surface area contributed by atoms with E-state index in [9.17, 15) is 14.0 Å². The van der Waals surface area contributed by atoms with E-state index in [1.807, 2.05) is 6.92 Å². The minimum atomic E-state index is -0.445. The van der Waals surface area contributed by atoms with Crippen molar-refractivity contribution in [1.82, 2.24) is 4.90 Å². The summed E-state index contributed by atoms with van der Waals surface area (Å²) in [6.07, 6.45) is 1.29. The second-order valence-electron chi connectivity index (χ2n) is 5.71. The molecule has 2 aliphatic rings. The zero-order valence-electron chi connectivity index (χ0n) is 12.0. The number of amides is 2. The van der Waals surface area contributed by atoms with Crippen LogP contribution < -0.4 is 5.32 Å². The molecule has 2 saturated heterocycles. The number of carbonyl (C=O) groups is 2. The number of hydrogen-bond acceptors (Lipinski definition) is 3. The van der Waals surface area contributed by atoms with E-state index in [1.165, 1.54) is 12.1 Å². The van der Waals surface area contributed by atoms with Gasteiger partial charge in [0.1, 0.15) is 11.9 Å². The van der Waals surface area contributed by atoms with Gasteiger partial charge >= 0.3 is 0 Å². The van der Waals surface area contributed by atoms with Crippen molar-refractivity contribution in [3.63, 3.8) is 0 Å². The van der Waals surface area contributed by atoms with Crippen LogP contribution in [0.5, 0.6) is 0 Å². The van der Waals surface area contributed by atoms with E-state index in [0.29, 0.717) is 23.4 Å². The van der Waals surface area contributed by atoms with Crippen LogP contribution in [0.15, 0.2) is 18.2 Å². The van der Waals surface area contributed by atoms with Gasteiger partial charge in [-0.3, -0.25) is 9.59 Å². The van der Waals surface area contributed by atoms with Crippen molar-refractivity contribution >= 4 is 29.3 Å². The lowest BCUT2D eigenvalue weighted by atomic mass is 10.1.